The highest BCUT2D eigenvalue weighted by Gasteiger charge is 2.40. The third-order valence-corrected chi connectivity index (χ3v) is 4.98. The third kappa shape index (κ3) is 3.93. The molecule has 2 aromatic rings. The molecule has 8 nitrogen and oxygen atoms in total. The molecule has 1 aromatic heterocycles. The van der Waals surface area contributed by atoms with Crippen LogP contribution in [0, 0.1) is 0 Å². The number of amides is 1. The van der Waals surface area contributed by atoms with Gasteiger partial charge in [0.2, 0.25) is 0 Å². The third-order valence-electron chi connectivity index (χ3n) is 4.98. The van der Waals surface area contributed by atoms with E-state index in [2.05, 4.69) is 20.4 Å². The molecule has 0 bridgehead atoms. The number of aromatic nitrogens is 2. The number of benzene rings is 1. The van der Waals surface area contributed by atoms with Crippen LogP contribution in [-0.4, -0.2) is 54.8 Å². The largest absolute Gasteiger partial charge is 0.492 e. The SMILES string of the molecule is CCOc1ccccc1NC(=O)c1ccc(N2CCC3(CC2)OCCO3)nn1. The van der Waals surface area contributed by atoms with Gasteiger partial charge in [-0.3, -0.25) is 4.79 Å². The van der Waals surface area contributed by atoms with Crippen molar-refractivity contribution in [3.63, 3.8) is 0 Å². The van der Waals surface area contributed by atoms with Crippen molar-refractivity contribution in [1.82, 2.24) is 10.2 Å². The van der Waals surface area contributed by atoms with Crippen LogP contribution in [0.25, 0.3) is 0 Å². The van der Waals surface area contributed by atoms with Gasteiger partial charge in [0.25, 0.3) is 5.91 Å². The minimum Gasteiger partial charge on any atom is -0.492 e. The van der Waals surface area contributed by atoms with E-state index < -0.39 is 5.79 Å². The zero-order valence-electron chi connectivity index (χ0n) is 15.9. The molecule has 0 saturated carbocycles. The summed E-state index contributed by atoms with van der Waals surface area (Å²) in [6, 6.07) is 10.8. The summed E-state index contributed by atoms with van der Waals surface area (Å²) in [6.45, 7) is 5.31. The second-order valence-electron chi connectivity index (χ2n) is 6.75. The van der Waals surface area contributed by atoms with E-state index in [0.717, 1.165) is 31.7 Å². The van der Waals surface area contributed by atoms with Gasteiger partial charge in [-0.1, -0.05) is 12.1 Å². The quantitative estimate of drug-likeness (QED) is 0.847. The van der Waals surface area contributed by atoms with Crippen LogP contribution < -0.4 is 15.0 Å². The number of piperidine rings is 1. The topological polar surface area (TPSA) is 85.8 Å². The number of carbonyl (C=O) groups is 1. The summed E-state index contributed by atoms with van der Waals surface area (Å²) in [5, 5.41) is 11.2. The van der Waals surface area contributed by atoms with E-state index in [4.69, 9.17) is 14.2 Å². The first-order chi connectivity index (χ1) is 13.7. The van der Waals surface area contributed by atoms with Crippen LogP contribution in [0.1, 0.15) is 30.3 Å². The molecule has 1 N–H and O–H groups in total. The maximum atomic E-state index is 12.5. The van der Waals surface area contributed by atoms with E-state index >= 15 is 0 Å². The lowest BCUT2D eigenvalue weighted by Gasteiger charge is -2.37. The van der Waals surface area contributed by atoms with Gasteiger partial charge in [-0.25, -0.2) is 0 Å². The minimum absolute atomic E-state index is 0.256. The van der Waals surface area contributed by atoms with E-state index in [0.29, 0.717) is 31.3 Å². The Bertz CT molecular complexity index is 811. The predicted molar refractivity (Wildman–Crippen MR) is 104 cm³/mol. The molecule has 3 heterocycles. The molecular formula is C20H24N4O4. The first kappa shape index (κ1) is 18.6. The zero-order chi connectivity index (χ0) is 19.4. The Labute approximate surface area is 163 Å². The molecule has 0 atom stereocenters. The summed E-state index contributed by atoms with van der Waals surface area (Å²) < 4.78 is 17.0. The van der Waals surface area contributed by atoms with Crippen molar-refractivity contribution in [2.24, 2.45) is 0 Å². The average Bonchev–Trinajstić information content (AvgIpc) is 3.18. The maximum Gasteiger partial charge on any atom is 0.276 e. The maximum absolute atomic E-state index is 12.5. The monoisotopic (exact) mass is 384 g/mol. The second kappa shape index (κ2) is 8.12. The zero-order valence-corrected chi connectivity index (χ0v) is 15.9. The van der Waals surface area contributed by atoms with Gasteiger partial charge >= 0.3 is 0 Å². The van der Waals surface area contributed by atoms with E-state index in [9.17, 15) is 4.79 Å². The number of ether oxygens (including phenoxy) is 3. The van der Waals surface area contributed by atoms with Gasteiger partial charge < -0.3 is 24.4 Å². The van der Waals surface area contributed by atoms with Gasteiger partial charge in [0.1, 0.15) is 5.75 Å². The van der Waals surface area contributed by atoms with Crippen LogP contribution >= 0.6 is 0 Å². The standard InChI is InChI=1S/C20H24N4O4/c1-2-26-17-6-4-3-5-15(17)21-19(25)16-7-8-18(23-22-16)24-11-9-20(10-12-24)27-13-14-28-20/h3-8H,2,9-14H2,1H3,(H,21,25). The van der Waals surface area contributed by atoms with Gasteiger partial charge in [-0.2, -0.15) is 0 Å². The van der Waals surface area contributed by atoms with E-state index in [1.807, 2.05) is 31.2 Å². The van der Waals surface area contributed by atoms with Gasteiger partial charge in [-0.05, 0) is 31.2 Å². The fraction of sp³-hybridized carbons (Fsp3) is 0.450. The second-order valence-corrected chi connectivity index (χ2v) is 6.75. The Balaban J connectivity index is 1.39. The van der Waals surface area contributed by atoms with Crippen molar-refractivity contribution in [3.8, 4) is 5.75 Å². The minimum atomic E-state index is -0.419. The van der Waals surface area contributed by atoms with E-state index in [1.165, 1.54) is 0 Å². The molecule has 2 fully saturated rings. The van der Waals surface area contributed by atoms with Crippen LogP contribution in [0.2, 0.25) is 0 Å². The van der Waals surface area contributed by atoms with Crippen molar-refractivity contribution >= 4 is 17.4 Å². The summed E-state index contributed by atoms with van der Waals surface area (Å²) in [4.78, 5) is 14.6. The number of carbonyl (C=O) groups excluding carboxylic acids is 1. The van der Waals surface area contributed by atoms with Crippen LogP contribution in [0.4, 0.5) is 11.5 Å². The lowest BCUT2D eigenvalue weighted by molar-refractivity contribution is -0.169. The van der Waals surface area contributed by atoms with Crippen molar-refractivity contribution < 1.29 is 19.0 Å². The normalized spacial score (nSPS) is 18.2. The Hall–Kier alpha value is -2.71. The number of rotatable bonds is 5. The average molecular weight is 384 g/mol. The molecule has 0 radical (unpaired) electrons. The molecule has 1 aromatic carbocycles. The Morgan fingerprint density at radius 3 is 2.57 bits per heavy atom. The number of anilines is 2. The highest BCUT2D eigenvalue weighted by atomic mass is 16.7. The van der Waals surface area contributed by atoms with E-state index in [1.54, 1.807) is 12.1 Å². The highest BCUT2D eigenvalue weighted by molar-refractivity contribution is 6.03. The molecule has 1 amide bonds. The van der Waals surface area contributed by atoms with Crippen molar-refractivity contribution in [3.05, 3.63) is 42.1 Å². The molecule has 2 saturated heterocycles. The first-order valence-electron chi connectivity index (χ1n) is 9.59. The van der Waals surface area contributed by atoms with Crippen molar-refractivity contribution in [1.29, 1.82) is 0 Å². The van der Waals surface area contributed by atoms with Gasteiger partial charge in [0.05, 0.1) is 25.5 Å². The summed E-state index contributed by atoms with van der Waals surface area (Å²) in [6.07, 6.45) is 1.59. The van der Waals surface area contributed by atoms with Gasteiger partial charge in [0, 0.05) is 25.9 Å². The molecule has 1 spiro atoms. The number of nitrogens with one attached hydrogen (secondary N) is 1. The molecule has 0 unspecified atom stereocenters. The molecular weight excluding hydrogens is 360 g/mol. The summed E-state index contributed by atoms with van der Waals surface area (Å²) in [7, 11) is 0. The summed E-state index contributed by atoms with van der Waals surface area (Å²) in [5.74, 6) is 0.634. The molecule has 4 rings (SSSR count). The van der Waals surface area contributed by atoms with Crippen molar-refractivity contribution in [2.75, 3.05) is 43.1 Å². The van der Waals surface area contributed by atoms with Gasteiger partial charge in [-0.15, -0.1) is 10.2 Å². The molecule has 2 aliphatic rings. The van der Waals surface area contributed by atoms with Crippen LogP contribution in [0.3, 0.4) is 0 Å². The predicted octanol–water partition coefficient (Wildman–Crippen LogP) is 2.47. The Morgan fingerprint density at radius 1 is 1.14 bits per heavy atom. The Morgan fingerprint density at radius 2 is 1.89 bits per heavy atom. The Kier molecular flexibility index (Phi) is 5.40. The van der Waals surface area contributed by atoms with Crippen molar-refractivity contribution in [2.45, 2.75) is 25.6 Å². The molecule has 0 aliphatic carbocycles. The smallest absolute Gasteiger partial charge is 0.276 e. The van der Waals surface area contributed by atoms with Crippen LogP contribution in [0.15, 0.2) is 36.4 Å². The fourth-order valence-electron chi connectivity index (χ4n) is 3.51. The number of hydrogen-bond acceptors (Lipinski definition) is 7. The summed E-state index contributed by atoms with van der Waals surface area (Å²) >= 11 is 0. The fourth-order valence-corrected chi connectivity index (χ4v) is 3.51. The van der Waals surface area contributed by atoms with Crippen LogP contribution in [-0.2, 0) is 9.47 Å². The number of hydrogen-bond donors (Lipinski definition) is 1. The van der Waals surface area contributed by atoms with E-state index in [-0.39, 0.29) is 11.6 Å². The van der Waals surface area contributed by atoms with Gasteiger partial charge in [0.15, 0.2) is 17.3 Å². The lowest BCUT2D eigenvalue weighted by Crippen LogP contribution is -2.45. The molecule has 2 aliphatic heterocycles. The summed E-state index contributed by atoms with van der Waals surface area (Å²) in [5.41, 5.74) is 0.865. The molecule has 148 valence electrons. The number of nitrogens with zero attached hydrogens (tertiary/aromatic N) is 3. The molecule has 28 heavy (non-hydrogen) atoms. The van der Waals surface area contributed by atoms with Crippen LogP contribution in [0.5, 0.6) is 5.75 Å². The number of para-hydroxylation sites is 2. The molecule has 8 heteroatoms. The first-order valence-corrected chi connectivity index (χ1v) is 9.59. The lowest BCUT2D eigenvalue weighted by atomic mass is 10.0. The highest BCUT2D eigenvalue weighted by Crippen LogP contribution is 2.32.